The summed E-state index contributed by atoms with van der Waals surface area (Å²) in [7, 11) is 3.13. The van der Waals surface area contributed by atoms with Crippen molar-refractivity contribution >= 4 is 0 Å². The van der Waals surface area contributed by atoms with E-state index < -0.39 is 0 Å². The normalized spacial score (nSPS) is 12.0. The van der Waals surface area contributed by atoms with Crippen LogP contribution in [0.5, 0.6) is 0 Å². The first-order chi connectivity index (χ1) is 4.12. The van der Waals surface area contributed by atoms with Crippen LogP contribution < -0.4 is 0 Å². The van der Waals surface area contributed by atoms with Gasteiger partial charge in [-0.25, -0.2) is 9.78 Å². The van der Waals surface area contributed by atoms with Crippen LogP contribution >= 0.6 is 0 Å². The van der Waals surface area contributed by atoms with E-state index >= 15 is 0 Å². The molecule has 0 heterocycles. The number of rotatable bonds is 4. The molecule has 9 heavy (non-hydrogen) atoms. The zero-order valence-corrected chi connectivity index (χ0v) is 6.44. The van der Waals surface area contributed by atoms with Crippen molar-refractivity contribution in [1.82, 2.24) is 0 Å². The van der Waals surface area contributed by atoms with Crippen molar-refractivity contribution in [3.05, 3.63) is 7.11 Å². The third-order valence-corrected chi connectivity index (χ3v) is 1.14. The van der Waals surface area contributed by atoms with Crippen molar-refractivity contribution < 1.29 is 9.78 Å². The van der Waals surface area contributed by atoms with Gasteiger partial charge in [-0.2, -0.15) is 0 Å². The minimum atomic E-state index is -0.184. The average molecular weight is 131 g/mol. The molecule has 0 N–H and O–H groups in total. The van der Waals surface area contributed by atoms with Gasteiger partial charge in [0.05, 0.1) is 5.60 Å². The van der Waals surface area contributed by atoms with Gasteiger partial charge in [0, 0.05) is 0 Å². The Balaban J connectivity index is 3.43. The summed E-state index contributed by atoms with van der Waals surface area (Å²) >= 11 is 0. The van der Waals surface area contributed by atoms with E-state index in [1.807, 2.05) is 13.8 Å². The zero-order valence-electron chi connectivity index (χ0n) is 6.44. The highest BCUT2D eigenvalue weighted by atomic mass is 17.2. The molecule has 0 bridgehead atoms. The van der Waals surface area contributed by atoms with E-state index in [4.69, 9.17) is 4.89 Å². The predicted octanol–water partition coefficient (Wildman–Crippen LogP) is 2.30. The number of hydrogen-bond donors (Lipinski definition) is 0. The summed E-state index contributed by atoms with van der Waals surface area (Å²) in [5.41, 5.74) is -0.184. The Labute approximate surface area is 57.1 Å². The first kappa shape index (κ1) is 8.92. The Bertz CT molecular complexity index is 61.3. The van der Waals surface area contributed by atoms with Crippen LogP contribution in [0.2, 0.25) is 0 Å². The van der Waals surface area contributed by atoms with Crippen LogP contribution in [0.25, 0.3) is 0 Å². The molecule has 0 aromatic carbocycles. The molecule has 0 saturated heterocycles. The van der Waals surface area contributed by atoms with Gasteiger partial charge in [-0.3, -0.25) is 0 Å². The fourth-order valence-corrected chi connectivity index (χ4v) is 0.803. The fourth-order valence-electron chi connectivity index (χ4n) is 0.803. The minimum Gasteiger partial charge on any atom is -0.234 e. The lowest BCUT2D eigenvalue weighted by Crippen LogP contribution is -2.22. The maximum Gasteiger partial charge on any atom is 0.109 e. The van der Waals surface area contributed by atoms with Crippen LogP contribution in [-0.2, 0) is 9.78 Å². The van der Waals surface area contributed by atoms with Crippen LogP contribution in [0, 0.1) is 7.11 Å². The van der Waals surface area contributed by atoms with E-state index in [0.29, 0.717) is 0 Å². The molecule has 0 fully saturated rings. The van der Waals surface area contributed by atoms with Gasteiger partial charge in [-0.05, 0) is 20.3 Å². The SMILES string of the molecule is [CH2]OOC(C)(C)CCC. The average Bonchev–Trinajstić information content (AvgIpc) is 1.64. The van der Waals surface area contributed by atoms with E-state index in [0.717, 1.165) is 12.8 Å². The van der Waals surface area contributed by atoms with Crippen molar-refractivity contribution in [1.29, 1.82) is 0 Å². The highest BCUT2D eigenvalue weighted by Gasteiger charge is 2.17. The summed E-state index contributed by atoms with van der Waals surface area (Å²) in [5.74, 6) is 0. The Kier molecular flexibility index (Phi) is 3.82. The number of hydrogen-bond acceptors (Lipinski definition) is 2. The van der Waals surface area contributed by atoms with Gasteiger partial charge in [-0.1, -0.05) is 13.3 Å². The molecular formula is C7H15O2. The van der Waals surface area contributed by atoms with Crippen molar-refractivity contribution in [3.63, 3.8) is 0 Å². The molecule has 0 aromatic rings. The molecule has 0 rings (SSSR count). The molecule has 0 amide bonds. The van der Waals surface area contributed by atoms with E-state index in [1.54, 1.807) is 0 Å². The van der Waals surface area contributed by atoms with Crippen LogP contribution in [0.1, 0.15) is 33.6 Å². The highest BCUT2D eigenvalue weighted by Crippen LogP contribution is 2.15. The Morgan fingerprint density at radius 3 is 2.33 bits per heavy atom. The van der Waals surface area contributed by atoms with E-state index in [2.05, 4.69) is 18.9 Å². The summed E-state index contributed by atoms with van der Waals surface area (Å²) in [5, 5.41) is 0. The minimum absolute atomic E-state index is 0.184. The predicted molar refractivity (Wildman–Crippen MR) is 36.5 cm³/mol. The van der Waals surface area contributed by atoms with Gasteiger partial charge in [-0.15, -0.1) is 0 Å². The third kappa shape index (κ3) is 4.43. The zero-order chi connectivity index (χ0) is 7.33. The van der Waals surface area contributed by atoms with E-state index in [1.165, 1.54) is 0 Å². The van der Waals surface area contributed by atoms with Crippen LogP contribution in [0.15, 0.2) is 0 Å². The molecule has 0 unspecified atom stereocenters. The maximum absolute atomic E-state index is 4.86. The lowest BCUT2D eigenvalue weighted by Gasteiger charge is -2.20. The summed E-state index contributed by atoms with van der Waals surface area (Å²) in [6, 6.07) is 0. The molecule has 2 nitrogen and oxygen atoms in total. The summed E-state index contributed by atoms with van der Waals surface area (Å²) in [4.78, 5) is 9.17. The molecule has 0 saturated carbocycles. The van der Waals surface area contributed by atoms with Gasteiger partial charge in [0.25, 0.3) is 0 Å². The van der Waals surface area contributed by atoms with Gasteiger partial charge in [0.15, 0.2) is 0 Å². The molecule has 1 radical (unpaired) electrons. The largest absolute Gasteiger partial charge is 0.234 e. The quantitative estimate of drug-likeness (QED) is 0.430. The summed E-state index contributed by atoms with van der Waals surface area (Å²) in [6.07, 6.45) is 2.08. The molecule has 0 aliphatic rings. The Hall–Kier alpha value is -0.0800. The Morgan fingerprint density at radius 1 is 1.44 bits per heavy atom. The van der Waals surface area contributed by atoms with Crippen molar-refractivity contribution in [2.45, 2.75) is 39.2 Å². The summed E-state index contributed by atoms with van der Waals surface area (Å²) < 4.78 is 0. The standard InChI is InChI=1S/C7H15O2/c1-5-6-7(2,3)9-8-4/h4-6H2,1-3H3. The summed E-state index contributed by atoms with van der Waals surface area (Å²) in [6.45, 7) is 6.05. The van der Waals surface area contributed by atoms with E-state index in [9.17, 15) is 0 Å². The second kappa shape index (κ2) is 3.85. The smallest absolute Gasteiger partial charge is 0.109 e. The molecular weight excluding hydrogens is 116 g/mol. The molecule has 0 atom stereocenters. The first-order valence-corrected chi connectivity index (χ1v) is 3.22. The van der Waals surface area contributed by atoms with Gasteiger partial charge in [0.2, 0.25) is 0 Å². The van der Waals surface area contributed by atoms with Gasteiger partial charge < -0.3 is 0 Å². The van der Waals surface area contributed by atoms with Crippen molar-refractivity contribution in [2.24, 2.45) is 0 Å². The molecule has 2 heteroatoms. The van der Waals surface area contributed by atoms with E-state index in [-0.39, 0.29) is 5.60 Å². The van der Waals surface area contributed by atoms with Crippen LogP contribution in [0.3, 0.4) is 0 Å². The van der Waals surface area contributed by atoms with Gasteiger partial charge in [0.1, 0.15) is 7.11 Å². The van der Waals surface area contributed by atoms with Crippen LogP contribution in [0.4, 0.5) is 0 Å². The third-order valence-electron chi connectivity index (χ3n) is 1.14. The second-order valence-corrected chi connectivity index (χ2v) is 2.71. The fraction of sp³-hybridized carbons (Fsp3) is 0.857. The lowest BCUT2D eigenvalue weighted by atomic mass is 10.0. The first-order valence-electron chi connectivity index (χ1n) is 3.22. The second-order valence-electron chi connectivity index (χ2n) is 2.71. The molecule has 0 aliphatic heterocycles. The molecule has 0 aliphatic carbocycles. The monoisotopic (exact) mass is 131 g/mol. The molecule has 55 valence electrons. The topological polar surface area (TPSA) is 18.5 Å². The highest BCUT2D eigenvalue weighted by molar-refractivity contribution is 4.64. The molecule has 0 spiro atoms. The van der Waals surface area contributed by atoms with Crippen LogP contribution in [-0.4, -0.2) is 5.60 Å². The van der Waals surface area contributed by atoms with Crippen molar-refractivity contribution in [3.8, 4) is 0 Å². The van der Waals surface area contributed by atoms with Gasteiger partial charge >= 0.3 is 0 Å². The molecule has 0 aromatic heterocycles. The van der Waals surface area contributed by atoms with Crippen molar-refractivity contribution in [2.75, 3.05) is 0 Å². The Morgan fingerprint density at radius 2 is 2.00 bits per heavy atom. The lowest BCUT2D eigenvalue weighted by molar-refractivity contribution is -0.320. The maximum atomic E-state index is 4.86.